The average Bonchev–Trinajstić information content (AvgIpc) is 2.96. The van der Waals surface area contributed by atoms with Crippen molar-refractivity contribution in [3.63, 3.8) is 0 Å². The van der Waals surface area contributed by atoms with Crippen LogP contribution in [0.25, 0.3) is 0 Å². The second-order valence-electron chi connectivity index (χ2n) is 6.20. The lowest BCUT2D eigenvalue weighted by atomic mass is 10.0. The van der Waals surface area contributed by atoms with Gasteiger partial charge in [0.2, 0.25) is 11.8 Å². The van der Waals surface area contributed by atoms with Crippen molar-refractivity contribution in [2.75, 3.05) is 31.6 Å². The molecular formula is C17H22ClN3O2. The quantitative estimate of drug-likeness (QED) is 0.858. The van der Waals surface area contributed by atoms with Gasteiger partial charge in [-0.1, -0.05) is 17.7 Å². The summed E-state index contributed by atoms with van der Waals surface area (Å²) in [5.74, 6) is -0.665. The van der Waals surface area contributed by atoms with E-state index in [1.54, 1.807) is 17.0 Å². The maximum atomic E-state index is 12.7. The van der Waals surface area contributed by atoms with Gasteiger partial charge in [0, 0.05) is 36.4 Å². The molecule has 1 atom stereocenters. The lowest BCUT2D eigenvalue weighted by molar-refractivity contribution is -0.140. The summed E-state index contributed by atoms with van der Waals surface area (Å²) in [6, 6.07) is 7.70. The molecule has 2 aliphatic heterocycles. The summed E-state index contributed by atoms with van der Waals surface area (Å²) < 4.78 is 0. The molecule has 5 nitrogen and oxygen atoms in total. The van der Waals surface area contributed by atoms with E-state index < -0.39 is 5.92 Å². The average molecular weight is 336 g/mol. The van der Waals surface area contributed by atoms with Gasteiger partial charge in [0.15, 0.2) is 0 Å². The Bertz CT molecular complexity index is 599. The van der Waals surface area contributed by atoms with Crippen molar-refractivity contribution in [2.24, 2.45) is 5.92 Å². The first-order valence-corrected chi connectivity index (χ1v) is 8.51. The maximum absolute atomic E-state index is 12.7. The third-order valence-electron chi connectivity index (χ3n) is 4.84. The Kier molecular flexibility index (Phi) is 4.87. The Morgan fingerprint density at radius 2 is 1.96 bits per heavy atom. The molecule has 0 bridgehead atoms. The number of hydrogen-bond donors (Lipinski definition) is 1. The van der Waals surface area contributed by atoms with Crippen molar-refractivity contribution in [1.82, 2.24) is 10.2 Å². The van der Waals surface area contributed by atoms with Crippen LogP contribution in [0.4, 0.5) is 5.69 Å². The number of amides is 2. The smallest absolute Gasteiger partial charge is 0.239 e. The van der Waals surface area contributed by atoms with Crippen LogP contribution in [-0.2, 0) is 9.59 Å². The third-order valence-corrected chi connectivity index (χ3v) is 5.07. The van der Waals surface area contributed by atoms with Crippen molar-refractivity contribution in [2.45, 2.75) is 25.3 Å². The highest BCUT2D eigenvalue weighted by atomic mass is 35.5. The number of hydrogen-bond acceptors (Lipinski definition) is 3. The molecule has 1 aromatic carbocycles. The summed E-state index contributed by atoms with van der Waals surface area (Å²) >= 11 is 6.00. The van der Waals surface area contributed by atoms with Crippen LogP contribution in [0.3, 0.4) is 0 Å². The summed E-state index contributed by atoms with van der Waals surface area (Å²) in [4.78, 5) is 28.8. The highest BCUT2D eigenvalue weighted by molar-refractivity contribution is 6.31. The normalized spacial score (nSPS) is 22.7. The molecule has 0 spiro atoms. The molecule has 2 fully saturated rings. The molecule has 124 valence electrons. The minimum Gasteiger partial charge on any atom is -0.342 e. The van der Waals surface area contributed by atoms with E-state index in [2.05, 4.69) is 5.32 Å². The molecule has 0 aromatic heterocycles. The Hall–Kier alpha value is -1.59. The summed E-state index contributed by atoms with van der Waals surface area (Å²) in [5.41, 5.74) is 0.770. The molecule has 1 aromatic rings. The van der Waals surface area contributed by atoms with Gasteiger partial charge in [0.1, 0.15) is 5.92 Å². The van der Waals surface area contributed by atoms with Crippen LogP contribution in [-0.4, -0.2) is 49.4 Å². The first kappa shape index (κ1) is 16.3. The van der Waals surface area contributed by atoms with Crippen LogP contribution >= 0.6 is 11.6 Å². The molecule has 3 rings (SSSR count). The Labute approximate surface area is 141 Å². The Morgan fingerprint density at radius 3 is 2.61 bits per heavy atom. The highest BCUT2D eigenvalue weighted by Crippen LogP contribution is 2.28. The molecule has 0 radical (unpaired) electrons. The van der Waals surface area contributed by atoms with Crippen LogP contribution in [0.15, 0.2) is 24.3 Å². The van der Waals surface area contributed by atoms with Crippen molar-refractivity contribution in [1.29, 1.82) is 0 Å². The van der Waals surface area contributed by atoms with Gasteiger partial charge in [-0.3, -0.25) is 9.59 Å². The lowest BCUT2D eigenvalue weighted by Gasteiger charge is -2.33. The van der Waals surface area contributed by atoms with E-state index in [1.807, 2.05) is 24.1 Å². The molecule has 1 unspecified atom stereocenters. The minimum atomic E-state index is -0.542. The second-order valence-corrected chi connectivity index (χ2v) is 6.64. The molecule has 2 heterocycles. The van der Waals surface area contributed by atoms with Crippen LogP contribution in [0.1, 0.15) is 19.3 Å². The van der Waals surface area contributed by atoms with Crippen LogP contribution < -0.4 is 10.2 Å². The monoisotopic (exact) mass is 335 g/mol. The zero-order valence-electron chi connectivity index (χ0n) is 13.3. The molecule has 23 heavy (non-hydrogen) atoms. The van der Waals surface area contributed by atoms with Gasteiger partial charge in [-0.2, -0.15) is 0 Å². The molecule has 1 N–H and O–H groups in total. The van der Waals surface area contributed by atoms with E-state index >= 15 is 0 Å². The van der Waals surface area contributed by atoms with Gasteiger partial charge >= 0.3 is 0 Å². The number of nitrogens with zero attached hydrogens (tertiary/aromatic N) is 2. The van der Waals surface area contributed by atoms with Crippen molar-refractivity contribution >= 4 is 29.1 Å². The van der Waals surface area contributed by atoms with E-state index in [0.717, 1.165) is 31.6 Å². The van der Waals surface area contributed by atoms with Crippen LogP contribution in [0, 0.1) is 5.92 Å². The fourth-order valence-electron chi connectivity index (χ4n) is 3.42. The van der Waals surface area contributed by atoms with E-state index in [4.69, 9.17) is 11.6 Å². The van der Waals surface area contributed by atoms with Gasteiger partial charge in [-0.25, -0.2) is 0 Å². The molecule has 0 aliphatic carbocycles. The maximum Gasteiger partial charge on any atom is 0.239 e. The highest BCUT2D eigenvalue weighted by Gasteiger charge is 2.40. The number of rotatable bonds is 3. The largest absolute Gasteiger partial charge is 0.342 e. The molecular weight excluding hydrogens is 314 g/mol. The molecule has 0 saturated carbocycles. The summed E-state index contributed by atoms with van der Waals surface area (Å²) in [7, 11) is 1.95. The number of nitrogens with one attached hydrogen (secondary N) is 1. The standard InChI is InChI=1S/C17H22ClN3O2/c1-19-13-5-8-20(9-6-13)16(22)15-7-10-21(17(15)23)14-4-2-3-12(18)11-14/h2-4,11,13,15,19H,5-10H2,1H3. The fourth-order valence-corrected chi connectivity index (χ4v) is 3.60. The van der Waals surface area contributed by atoms with Gasteiger partial charge in [-0.05, 0) is 44.5 Å². The number of anilines is 1. The third kappa shape index (κ3) is 3.35. The first-order chi connectivity index (χ1) is 11.1. The van der Waals surface area contributed by atoms with Crippen LogP contribution in [0.5, 0.6) is 0 Å². The van der Waals surface area contributed by atoms with Gasteiger partial charge in [-0.15, -0.1) is 0 Å². The summed E-state index contributed by atoms with van der Waals surface area (Å²) in [6.07, 6.45) is 2.47. The Morgan fingerprint density at radius 1 is 1.22 bits per heavy atom. The number of carbonyl (C=O) groups excluding carboxylic acids is 2. The van der Waals surface area contributed by atoms with Crippen LogP contribution in [0.2, 0.25) is 5.02 Å². The van der Waals surface area contributed by atoms with Gasteiger partial charge in [0.05, 0.1) is 0 Å². The molecule has 2 amide bonds. The van der Waals surface area contributed by atoms with Gasteiger partial charge < -0.3 is 15.1 Å². The predicted molar refractivity (Wildman–Crippen MR) is 90.6 cm³/mol. The van der Waals surface area contributed by atoms with Gasteiger partial charge in [0.25, 0.3) is 0 Å². The fraction of sp³-hybridized carbons (Fsp3) is 0.529. The first-order valence-electron chi connectivity index (χ1n) is 8.13. The zero-order chi connectivity index (χ0) is 16.4. The molecule has 2 aliphatic rings. The topological polar surface area (TPSA) is 52.7 Å². The van der Waals surface area contributed by atoms with Crippen molar-refractivity contribution in [3.05, 3.63) is 29.3 Å². The van der Waals surface area contributed by atoms with E-state index in [-0.39, 0.29) is 11.8 Å². The summed E-state index contributed by atoms with van der Waals surface area (Å²) in [6.45, 7) is 2.03. The SMILES string of the molecule is CNC1CCN(C(=O)C2CCN(c3cccc(Cl)c3)C2=O)CC1. The van der Waals surface area contributed by atoms with Crippen molar-refractivity contribution < 1.29 is 9.59 Å². The molecule has 6 heteroatoms. The number of benzene rings is 1. The number of halogens is 1. The Balaban J connectivity index is 1.66. The number of carbonyl (C=O) groups is 2. The lowest BCUT2D eigenvalue weighted by Crippen LogP contribution is -2.47. The van der Waals surface area contributed by atoms with E-state index in [0.29, 0.717) is 24.0 Å². The number of likely N-dealkylation sites (tertiary alicyclic amines) is 1. The zero-order valence-corrected chi connectivity index (χ0v) is 14.1. The predicted octanol–water partition coefficient (Wildman–Crippen LogP) is 1.90. The second kappa shape index (κ2) is 6.89. The number of piperidine rings is 1. The van der Waals surface area contributed by atoms with E-state index in [1.165, 1.54) is 0 Å². The minimum absolute atomic E-state index is 0.0194. The molecule has 2 saturated heterocycles. The van der Waals surface area contributed by atoms with E-state index in [9.17, 15) is 9.59 Å². The summed E-state index contributed by atoms with van der Waals surface area (Å²) in [5, 5.41) is 3.85. The van der Waals surface area contributed by atoms with Crippen molar-refractivity contribution in [3.8, 4) is 0 Å².